The minimum atomic E-state index is -3.73. The predicted octanol–water partition coefficient (Wildman–Crippen LogP) is 3.18. The minimum absolute atomic E-state index is 0.0942. The van der Waals surface area contributed by atoms with E-state index in [0.29, 0.717) is 17.2 Å². The van der Waals surface area contributed by atoms with Gasteiger partial charge >= 0.3 is 0 Å². The zero-order valence-electron chi connectivity index (χ0n) is 16.3. The van der Waals surface area contributed by atoms with Gasteiger partial charge in [-0.1, -0.05) is 13.3 Å². The van der Waals surface area contributed by atoms with Gasteiger partial charge in [0.25, 0.3) is 15.9 Å². The SMILES string of the molecule is CCC[C@@H](C)NC(=O)COc1ccc(S(=O)(=O)Nc2ccc(OC)cc2)cc1. The number of rotatable bonds is 10. The topological polar surface area (TPSA) is 93.7 Å². The van der Waals surface area contributed by atoms with E-state index in [2.05, 4.69) is 17.0 Å². The van der Waals surface area contributed by atoms with E-state index in [-0.39, 0.29) is 23.5 Å². The Morgan fingerprint density at radius 1 is 1.04 bits per heavy atom. The van der Waals surface area contributed by atoms with Crippen LogP contribution in [0.25, 0.3) is 0 Å². The lowest BCUT2D eigenvalue weighted by atomic mass is 10.2. The Morgan fingerprint density at radius 2 is 1.64 bits per heavy atom. The van der Waals surface area contributed by atoms with Gasteiger partial charge in [0.2, 0.25) is 0 Å². The highest BCUT2D eigenvalue weighted by molar-refractivity contribution is 7.92. The fraction of sp³-hybridized carbons (Fsp3) is 0.350. The molecule has 2 N–H and O–H groups in total. The molecule has 2 rings (SSSR count). The number of anilines is 1. The van der Waals surface area contributed by atoms with Crippen LogP contribution in [-0.2, 0) is 14.8 Å². The van der Waals surface area contributed by atoms with Crippen molar-refractivity contribution in [1.29, 1.82) is 0 Å². The molecule has 0 saturated carbocycles. The van der Waals surface area contributed by atoms with Crippen molar-refractivity contribution in [3.05, 3.63) is 48.5 Å². The number of carbonyl (C=O) groups excluding carboxylic acids is 1. The van der Waals surface area contributed by atoms with Gasteiger partial charge in [-0.25, -0.2) is 8.42 Å². The lowest BCUT2D eigenvalue weighted by molar-refractivity contribution is -0.123. The first kappa shape index (κ1) is 21.6. The molecule has 0 aliphatic heterocycles. The second-order valence-electron chi connectivity index (χ2n) is 6.35. The fourth-order valence-electron chi connectivity index (χ4n) is 2.56. The van der Waals surface area contributed by atoms with Gasteiger partial charge in [0.15, 0.2) is 6.61 Å². The van der Waals surface area contributed by atoms with Crippen LogP contribution in [0.15, 0.2) is 53.4 Å². The van der Waals surface area contributed by atoms with Crippen LogP contribution < -0.4 is 19.5 Å². The normalized spacial score (nSPS) is 12.1. The Kier molecular flexibility index (Phi) is 7.69. The summed E-state index contributed by atoms with van der Waals surface area (Å²) in [4.78, 5) is 11.9. The standard InChI is InChI=1S/C20H26N2O5S/c1-4-5-15(2)21-20(23)14-27-18-10-12-19(13-11-18)28(24,25)22-16-6-8-17(26-3)9-7-16/h6-13,15,22H,4-5,14H2,1-3H3,(H,21,23)/t15-/m1/s1. The molecule has 28 heavy (non-hydrogen) atoms. The Morgan fingerprint density at radius 3 is 2.21 bits per heavy atom. The van der Waals surface area contributed by atoms with Crippen molar-refractivity contribution >= 4 is 21.6 Å². The predicted molar refractivity (Wildman–Crippen MR) is 108 cm³/mol. The molecule has 2 aromatic carbocycles. The van der Waals surface area contributed by atoms with Crippen LogP contribution in [0.5, 0.6) is 11.5 Å². The quantitative estimate of drug-likeness (QED) is 0.632. The molecule has 0 fully saturated rings. The van der Waals surface area contributed by atoms with E-state index < -0.39 is 10.0 Å². The number of carbonyl (C=O) groups is 1. The third-order valence-corrected chi connectivity index (χ3v) is 5.37. The number of nitrogens with one attached hydrogen (secondary N) is 2. The number of methoxy groups -OCH3 is 1. The number of hydrogen-bond donors (Lipinski definition) is 2. The van der Waals surface area contributed by atoms with Gasteiger partial charge in [-0.2, -0.15) is 0 Å². The molecule has 0 saturated heterocycles. The molecule has 2 aromatic rings. The van der Waals surface area contributed by atoms with E-state index >= 15 is 0 Å². The number of sulfonamides is 1. The van der Waals surface area contributed by atoms with Crippen molar-refractivity contribution in [1.82, 2.24) is 5.32 Å². The summed E-state index contributed by atoms with van der Waals surface area (Å²) >= 11 is 0. The first-order valence-corrected chi connectivity index (χ1v) is 10.5. The summed E-state index contributed by atoms with van der Waals surface area (Å²) in [5, 5.41) is 2.84. The summed E-state index contributed by atoms with van der Waals surface area (Å²) in [6.07, 6.45) is 1.89. The largest absolute Gasteiger partial charge is 0.497 e. The molecular formula is C20H26N2O5S. The Balaban J connectivity index is 1.94. The van der Waals surface area contributed by atoms with Gasteiger partial charge < -0.3 is 14.8 Å². The minimum Gasteiger partial charge on any atom is -0.497 e. The molecule has 152 valence electrons. The van der Waals surface area contributed by atoms with Crippen molar-refractivity contribution in [3.8, 4) is 11.5 Å². The zero-order valence-corrected chi connectivity index (χ0v) is 17.1. The average molecular weight is 407 g/mol. The van der Waals surface area contributed by atoms with E-state index in [1.54, 1.807) is 24.3 Å². The lowest BCUT2D eigenvalue weighted by Crippen LogP contribution is -2.35. The second-order valence-corrected chi connectivity index (χ2v) is 8.03. The van der Waals surface area contributed by atoms with Gasteiger partial charge in [0.05, 0.1) is 12.0 Å². The molecule has 0 bridgehead atoms. The summed E-state index contributed by atoms with van der Waals surface area (Å²) in [5.41, 5.74) is 0.430. The molecule has 0 aliphatic rings. The van der Waals surface area contributed by atoms with Crippen molar-refractivity contribution in [2.75, 3.05) is 18.4 Å². The Bertz CT molecular complexity index is 864. The smallest absolute Gasteiger partial charge is 0.261 e. The average Bonchev–Trinajstić information content (AvgIpc) is 2.67. The third-order valence-electron chi connectivity index (χ3n) is 3.98. The van der Waals surface area contributed by atoms with Crippen molar-refractivity contribution < 1.29 is 22.7 Å². The highest BCUT2D eigenvalue weighted by atomic mass is 32.2. The van der Waals surface area contributed by atoms with Gasteiger partial charge in [0, 0.05) is 11.7 Å². The lowest BCUT2D eigenvalue weighted by Gasteiger charge is -2.13. The maximum absolute atomic E-state index is 12.5. The zero-order chi connectivity index (χ0) is 20.6. The summed E-state index contributed by atoms with van der Waals surface area (Å²) in [6, 6.07) is 12.6. The van der Waals surface area contributed by atoms with Crippen LogP contribution in [-0.4, -0.2) is 34.1 Å². The Labute approximate surface area is 166 Å². The summed E-state index contributed by atoms with van der Waals surface area (Å²) in [5.74, 6) is 0.845. The number of ether oxygens (including phenoxy) is 2. The van der Waals surface area contributed by atoms with Crippen molar-refractivity contribution in [3.63, 3.8) is 0 Å². The van der Waals surface area contributed by atoms with E-state index in [1.165, 1.54) is 31.4 Å². The van der Waals surface area contributed by atoms with Gasteiger partial charge in [-0.15, -0.1) is 0 Å². The maximum atomic E-state index is 12.5. The van der Waals surface area contributed by atoms with E-state index in [1.807, 2.05) is 6.92 Å². The first-order chi connectivity index (χ1) is 13.3. The molecule has 0 spiro atoms. The van der Waals surface area contributed by atoms with Crippen LogP contribution in [0.1, 0.15) is 26.7 Å². The first-order valence-electron chi connectivity index (χ1n) is 9.03. The highest BCUT2D eigenvalue weighted by Crippen LogP contribution is 2.21. The molecule has 0 radical (unpaired) electrons. The van der Waals surface area contributed by atoms with Crippen molar-refractivity contribution in [2.24, 2.45) is 0 Å². The molecule has 7 nitrogen and oxygen atoms in total. The van der Waals surface area contributed by atoms with Crippen LogP contribution in [0, 0.1) is 0 Å². The second kappa shape index (κ2) is 9.98. The Hall–Kier alpha value is -2.74. The maximum Gasteiger partial charge on any atom is 0.261 e. The molecular weight excluding hydrogens is 380 g/mol. The fourth-order valence-corrected chi connectivity index (χ4v) is 3.62. The summed E-state index contributed by atoms with van der Waals surface area (Å²) < 4.78 is 37.9. The van der Waals surface area contributed by atoms with E-state index in [9.17, 15) is 13.2 Å². The summed E-state index contributed by atoms with van der Waals surface area (Å²) in [7, 11) is -2.19. The van der Waals surface area contributed by atoms with Crippen LogP contribution in [0.2, 0.25) is 0 Å². The third kappa shape index (κ3) is 6.45. The van der Waals surface area contributed by atoms with Crippen LogP contribution in [0.4, 0.5) is 5.69 Å². The molecule has 0 aromatic heterocycles. The van der Waals surface area contributed by atoms with Crippen LogP contribution >= 0.6 is 0 Å². The number of hydrogen-bond acceptors (Lipinski definition) is 5. The monoisotopic (exact) mass is 406 g/mol. The molecule has 1 atom stereocenters. The van der Waals surface area contributed by atoms with Gasteiger partial charge in [-0.05, 0) is 61.9 Å². The van der Waals surface area contributed by atoms with Crippen LogP contribution in [0.3, 0.4) is 0 Å². The molecule has 8 heteroatoms. The van der Waals surface area contributed by atoms with Gasteiger partial charge in [-0.3, -0.25) is 9.52 Å². The van der Waals surface area contributed by atoms with E-state index in [0.717, 1.165) is 12.8 Å². The van der Waals surface area contributed by atoms with Crippen molar-refractivity contribution in [2.45, 2.75) is 37.6 Å². The molecule has 1 amide bonds. The molecule has 0 heterocycles. The number of benzene rings is 2. The van der Waals surface area contributed by atoms with Gasteiger partial charge in [0.1, 0.15) is 11.5 Å². The molecule has 0 unspecified atom stereocenters. The highest BCUT2D eigenvalue weighted by Gasteiger charge is 2.14. The summed E-state index contributed by atoms with van der Waals surface area (Å²) in [6.45, 7) is 3.87. The molecule has 0 aliphatic carbocycles. The number of amides is 1. The van der Waals surface area contributed by atoms with E-state index in [4.69, 9.17) is 9.47 Å².